The summed E-state index contributed by atoms with van der Waals surface area (Å²) in [5.41, 5.74) is 17.8. The lowest BCUT2D eigenvalue weighted by Crippen LogP contribution is -2.73. The first-order chi connectivity index (χ1) is 22.9. The number of piperidine rings is 1. The van der Waals surface area contributed by atoms with Crippen LogP contribution in [0.2, 0.25) is 0 Å². The number of carbonyl (C=O) groups is 1. The second-order valence-electron chi connectivity index (χ2n) is 15.3. The van der Waals surface area contributed by atoms with E-state index in [1.54, 1.807) is 18.2 Å². The predicted molar refractivity (Wildman–Crippen MR) is 188 cm³/mol. The Balaban J connectivity index is 0.917. The molecule has 3 saturated heterocycles. The lowest BCUT2D eigenvalue weighted by atomic mass is 9.72. The first-order valence-electron chi connectivity index (χ1n) is 17.2. The predicted octanol–water partition coefficient (Wildman–Crippen LogP) is 4.44. The zero-order valence-corrected chi connectivity index (χ0v) is 28.6. The molecule has 3 fully saturated rings. The molecule has 3 aromatic rings. The zero-order chi connectivity index (χ0) is 33.8. The third-order valence-corrected chi connectivity index (χ3v) is 10.4. The molecule has 6 heterocycles. The van der Waals surface area contributed by atoms with E-state index in [2.05, 4.69) is 26.6 Å². The number of hydrogen-bond donors (Lipinski definition) is 4. The standard InChI is InChI=1S/C36H49N9O3/c1-23-31-27(15-28(37)26-7-5-6-8-30(26)46)32(38)41-29(31)11-14-45(23)33-39-16-25(17-40-33)43-12-9-24(10-13-43)18-42-19-36(20-42)21-44(22-36)34(47)48-35(2,3)4/h5-8,15-17,23-24,41,46H,9-14,18-22,37-38H2,1-4H3/b28-15-. The molecule has 0 radical (unpaired) electrons. The smallest absolute Gasteiger partial charge is 0.410 e. The molecule has 0 aliphatic carbocycles. The Morgan fingerprint density at radius 3 is 2.46 bits per heavy atom. The quantitative estimate of drug-likeness (QED) is 0.300. The number of carbonyl (C=O) groups excluding carboxylic acids is 1. The molecule has 6 N–H and O–H groups in total. The number of amides is 1. The van der Waals surface area contributed by atoms with Crippen molar-refractivity contribution in [3.05, 3.63) is 59.0 Å². The Morgan fingerprint density at radius 1 is 1.10 bits per heavy atom. The Bertz CT molecular complexity index is 1670. The highest BCUT2D eigenvalue weighted by Gasteiger charge is 2.54. The van der Waals surface area contributed by atoms with Crippen LogP contribution in [0.5, 0.6) is 5.75 Å². The number of anilines is 3. The second kappa shape index (κ2) is 12.2. The van der Waals surface area contributed by atoms with E-state index in [0.717, 1.165) is 94.1 Å². The number of phenolic OH excluding ortho intramolecular Hbond substituents is 1. The minimum absolute atomic E-state index is 0.0201. The highest BCUT2D eigenvalue weighted by molar-refractivity contribution is 5.86. The molecule has 256 valence electrons. The van der Waals surface area contributed by atoms with Gasteiger partial charge < -0.3 is 45.9 Å². The van der Waals surface area contributed by atoms with Gasteiger partial charge in [-0.25, -0.2) is 14.8 Å². The summed E-state index contributed by atoms with van der Waals surface area (Å²) in [6.45, 7) is 15.6. The number of nitrogen functional groups attached to an aromatic ring is 1. The molecule has 0 bridgehead atoms. The van der Waals surface area contributed by atoms with E-state index in [-0.39, 0.29) is 23.3 Å². The summed E-state index contributed by atoms with van der Waals surface area (Å²) < 4.78 is 5.53. The number of nitrogens with zero attached hydrogens (tertiary/aromatic N) is 6. The van der Waals surface area contributed by atoms with Gasteiger partial charge in [0.1, 0.15) is 17.2 Å². The Kier molecular flexibility index (Phi) is 8.17. The maximum absolute atomic E-state index is 12.3. The van der Waals surface area contributed by atoms with Gasteiger partial charge in [-0.3, -0.25) is 0 Å². The maximum Gasteiger partial charge on any atom is 0.410 e. The van der Waals surface area contributed by atoms with Gasteiger partial charge in [0.15, 0.2) is 0 Å². The largest absolute Gasteiger partial charge is 0.507 e. The maximum atomic E-state index is 12.3. The molecule has 4 aliphatic rings. The molecular formula is C36H49N9O3. The van der Waals surface area contributed by atoms with Crippen LogP contribution in [0.25, 0.3) is 11.8 Å². The van der Waals surface area contributed by atoms with E-state index in [4.69, 9.17) is 26.2 Å². The van der Waals surface area contributed by atoms with Crippen LogP contribution in [0.3, 0.4) is 0 Å². The van der Waals surface area contributed by atoms with Gasteiger partial charge in [-0.15, -0.1) is 0 Å². The summed E-state index contributed by atoms with van der Waals surface area (Å²) in [6, 6.07) is 7.02. The van der Waals surface area contributed by atoms with E-state index in [0.29, 0.717) is 28.9 Å². The van der Waals surface area contributed by atoms with E-state index in [1.807, 2.05) is 50.2 Å². The van der Waals surface area contributed by atoms with E-state index in [9.17, 15) is 9.90 Å². The number of aromatic nitrogens is 3. The lowest BCUT2D eigenvalue weighted by Gasteiger charge is -2.60. The molecule has 1 aromatic carbocycles. The van der Waals surface area contributed by atoms with Crippen LogP contribution in [0.15, 0.2) is 36.7 Å². The van der Waals surface area contributed by atoms with Crippen molar-refractivity contribution in [3.63, 3.8) is 0 Å². The monoisotopic (exact) mass is 655 g/mol. The van der Waals surface area contributed by atoms with Crippen LogP contribution in [0.4, 0.5) is 22.2 Å². The lowest BCUT2D eigenvalue weighted by molar-refractivity contribution is -0.116. The number of hydrogen-bond acceptors (Lipinski definition) is 10. The molecule has 1 unspecified atom stereocenters. The fourth-order valence-corrected chi connectivity index (χ4v) is 8.06. The zero-order valence-electron chi connectivity index (χ0n) is 28.6. The highest BCUT2D eigenvalue weighted by Crippen LogP contribution is 2.42. The summed E-state index contributed by atoms with van der Waals surface area (Å²) in [6.07, 6.45) is 8.66. The van der Waals surface area contributed by atoms with Gasteiger partial charge in [-0.05, 0) is 64.7 Å². The minimum atomic E-state index is -0.447. The normalized spacial score (nSPS) is 21.5. The number of likely N-dealkylation sites (tertiary alicyclic amines) is 2. The number of phenols is 1. The molecule has 48 heavy (non-hydrogen) atoms. The Hall–Kier alpha value is -4.45. The molecule has 12 heteroatoms. The molecule has 0 saturated carbocycles. The van der Waals surface area contributed by atoms with Gasteiger partial charge in [0.05, 0.1) is 24.1 Å². The van der Waals surface area contributed by atoms with Crippen LogP contribution in [0, 0.1) is 11.3 Å². The Morgan fingerprint density at radius 2 is 1.79 bits per heavy atom. The highest BCUT2D eigenvalue weighted by atomic mass is 16.6. The summed E-state index contributed by atoms with van der Waals surface area (Å²) in [4.78, 5) is 34.4. The van der Waals surface area contributed by atoms with Gasteiger partial charge in [-0.1, -0.05) is 12.1 Å². The van der Waals surface area contributed by atoms with Gasteiger partial charge in [-0.2, -0.15) is 0 Å². The number of H-pyrrole nitrogens is 1. The molecule has 12 nitrogen and oxygen atoms in total. The molecule has 2 aromatic heterocycles. The number of nitrogens with one attached hydrogen (secondary N) is 1. The SMILES string of the molecule is CC1c2c([nH]c(N)c2/C=C(\N)c2ccccc2O)CCN1c1ncc(N2CCC(CN3CC4(C3)CN(C(=O)OC(C)(C)C)C4)CC2)cn1. The number of para-hydroxylation sites is 1. The van der Waals surface area contributed by atoms with E-state index >= 15 is 0 Å². The van der Waals surface area contributed by atoms with Crippen molar-refractivity contribution in [2.24, 2.45) is 17.1 Å². The average Bonchev–Trinajstić information content (AvgIpc) is 3.32. The van der Waals surface area contributed by atoms with Crippen molar-refractivity contribution in [2.75, 3.05) is 67.9 Å². The molecule has 1 spiro atoms. The third-order valence-electron chi connectivity index (χ3n) is 10.4. The van der Waals surface area contributed by atoms with Gasteiger partial charge in [0, 0.05) is 92.3 Å². The Labute approximate surface area is 282 Å². The summed E-state index contributed by atoms with van der Waals surface area (Å²) in [5, 5.41) is 10.3. The summed E-state index contributed by atoms with van der Waals surface area (Å²) in [7, 11) is 0. The number of ether oxygens (including phenoxy) is 1. The van der Waals surface area contributed by atoms with E-state index < -0.39 is 5.60 Å². The van der Waals surface area contributed by atoms with Gasteiger partial charge in [0.2, 0.25) is 5.95 Å². The number of rotatable bonds is 6. The molecule has 1 amide bonds. The van der Waals surface area contributed by atoms with E-state index in [1.165, 1.54) is 0 Å². The third kappa shape index (κ3) is 6.25. The minimum Gasteiger partial charge on any atom is -0.507 e. The molecule has 1 atom stereocenters. The summed E-state index contributed by atoms with van der Waals surface area (Å²) >= 11 is 0. The number of aromatic hydroxyl groups is 1. The molecular weight excluding hydrogens is 606 g/mol. The molecule has 7 rings (SSSR count). The van der Waals surface area contributed by atoms with Crippen molar-refractivity contribution in [1.29, 1.82) is 0 Å². The first kappa shape index (κ1) is 32.1. The van der Waals surface area contributed by atoms with Crippen LogP contribution in [-0.4, -0.2) is 93.9 Å². The second-order valence-corrected chi connectivity index (χ2v) is 15.3. The molecule has 4 aliphatic heterocycles. The van der Waals surface area contributed by atoms with Crippen molar-refractivity contribution >= 4 is 35.3 Å². The number of benzene rings is 1. The fraction of sp³-hybridized carbons (Fsp3) is 0.528. The fourth-order valence-electron chi connectivity index (χ4n) is 8.06. The van der Waals surface area contributed by atoms with Crippen molar-refractivity contribution in [1.82, 2.24) is 24.8 Å². The van der Waals surface area contributed by atoms with Crippen LogP contribution < -0.4 is 21.3 Å². The van der Waals surface area contributed by atoms with Gasteiger partial charge in [0.25, 0.3) is 0 Å². The topological polar surface area (TPSA) is 153 Å². The average molecular weight is 656 g/mol. The van der Waals surface area contributed by atoms with Crippen molar-refractivity contribution in [3.8, 4) is 5.75 Å². The van der Waals surface area contributed by atoms with Gasteiger partial charge >= 0.3 is 6.09 Å². The van der Waals surface area contributed by atoms with Crippen LogP contribution in [-0.2, 0) is 11.2 Å². The number of fused-ring (bicyclic) bond motifs is 1. The van der Waals surface area contributed by atoms with Crippen LogP contribution in [0.1, 0.15) is 69.0 Å². The van der Waals surface area contributed by atoms with Crippen molar-refractivity contribution in [2.45, 2.75) is 58.6 Å². The first-order valence-corrected chi connectivity index (χ1v) is 17.2. The number of nitrogens with two attached hydrogens (primary N) is 2. The summed E-state index contributed by atoms with van der Waals surface area (Å²) in [5.74, 6) is 2.08. The van der Waals surface area contributed by atoms with Crippen LogP contribution >= 0.6 is 0 Å². The van der Waals surface area contributed by atoms with Crippen molar-refractivity contribution < 1.29 is 14.6 Å². The number of aromatic amines is 1.